The minimum Gasteiger partial charge on any atom is -0.480 e. The summed E-state index contributed by atoms with van der Waals surface area (Å²) in [5.74, 6) is -1.38. The molecule has 0 aromatic heterocycles. The lowest BCUT2D eigenvalue weighted by Gasteiger charge is -2.17. The molecule has 1 atom stereocenters. The van der Waals surface area contributed by atoms with Crippen molar-refractivity contribution in [2.45, 2.75) is 31.7 Å². The van der Waals surface area contributed by atoms with Gasteiger partial charge in [-0.15, -0.1) is 0 Å². The second-order valence-electron chi connectivity index (χ2n) is 7.23. The lowest BCUT2D eigenvalue weighted by Crippen LogP contribution is -2.48. The number of carboxylic acid groups (broad SMARTS) is 1. The Labute approximate surface area is 180 Å². The summed E-state index contributed by atoms with van der Waals surface area (Å²) in [5, 5.41) is 13.9. The van der Waals surface area contributed by atoms with E-state index < -0.39 is 24.2 Å². The number of nitrogens with one attached hydrogen (secondary N) is 2. The van der Waals surface area contributed by atoms with Gasteiger partial charge in [-0.2, -0.15) is 0 Å². The number of hydrogen-bond donors (Lipinski definition) is 3. The maximum Gasteiger partial charge on any atom is 0.407 e. The second-order valence-corrected chi connectivity index (χ2v) is 7.23. The van der Waals surface area contributed by atoms with E-state index in [4.69, 9.17) is 9.47 Å². The number of unbranched alkanes of at least 4 members (excludes halogenated alkanes) is 1. The standard InChI is InChI=1S/C23H26N2O6/c1-2-3-12-30-23(29)25-20(21(26)27)13-24-22(28)31-14-19-17-10-6-4-8-15(17)16-9-5-7-11-18(16)19/h4-11,19-20H,2-3,12-14H2,1H3,(H,24,28)(H,25,29)(H,26,27). The lowest BCUT2D eigenvalue weighted by atomic mass is 9.98. The zero-order chi connectivity index (χ0) is 22.2. The van der Waals surface area contributed by atoms with E-state index in [-0.39, 0.29) is 25.7 Å². The Bertz CT molecular complexity index is 900. The van der Waals surface area contributed by atoms with Gasteiger partial charge in [0.2, 0.25) is 0 Å². The Morgan fingerprint density at radius 1 is 0.968 bits per heavy atom. The molecule has 1 unspecified atom stereocenters. The summed E-state index contributed by atoms with van der Waals surface area (Å²) in [5.41, 5.74) is 4.39. The number of carbonyl (C=O) groups is 3. The molecule has 8 heteroatoms. The number of amides is 2. The Balaban J connectivity index is 1.53. The van der Waals surface area contributed by atoms with Gasteiger partial charge in [-0.25, -0.2) is 14.4 Å². The van der Waals surface area contributed by atoms with Crippen LogP contribution in [0.3, 0.4) is 0 Å². The summed E-state index contributed by atoms with van der Waals surface area (Å²) in [6.07, 6.45) is -0.0632. The normalized spacial score (nSPS) is 12.9. The van der Waals surface area contributed by atoms with Gasteiger partial charge in [-0.3, -0.25) is 0 Å². The van der Waals surface area contributed by atoms with Crippen molar-refractivity contribution < 1.29 is 29.0 Å². The van der Waals surface area contributed by atoms with Crippen LogP contribution in [0, 0.1) is 0 Å². The van der Waals surface area contributed by atoms with Crippen molar-refractivity contribution in [2.24, 2.45) is 0 Å². The molecule has 0 bridgehead atoms. The highest BCUT2D eigenvalue weighted by molar-refractivity contribution is 5.81. The maximum atomic E-state index is 12.2. The van der Waals surface area contributed by atoms with E-state index in [1.807, 2.05) is 55.5 Å². The van der Waals surface area contributed by atoms with Crippen molar-refractivity contribution in [1.29, 1.82) is 0 Å². The third kappa shape index (κ3) is 5.53. The highest BCUT2D eigenvalue weighted by Gasteiger charge is 2.29. The summed E-state index contributed by atoms with van der Waals surface area (Å²) in [4.78, 5) is 35.2. The Morgan fingerprint density at radius 3 is 2.16 bits per heavy atom. The third-order valence-corrected chi connectivity index (χ3v) is 5.12. The number of ether oxygens (including phenoxy) is 2. The number of carbonyl (C=O) groups excluding carboxylic acids is 2. The SMILES string of the molecule is CCCCOC(=O)NC(CNC(=O)OCC1c2ccccc2-c2ccccc21)C(=O)O. The van der Waals surface area contributed by atoms with Crippen LogP contribution in [0.25, 0.3) is 11.1 Å². The first kappa shape index (κ1) is 22.1. The molecule has 0 fully saturated rings. The summed E-state index contributed by atoms with van der Waals surface area (Å²) in [7, 11) is 0. The molecule has 31 heavy (non-hydrogen) atoms. The smallest absolute Gasteiger partial charge is 0.407 e. The van der Waals surface area contributed by atoms with Crippen molar-refractivity contribution in [1.82, 2.24) is 10.6 Å². The van der Waals surface area contributed by atoms with Crippen molar-refractivity contribution >= 4 is 18.2 Å². The number of aliphatic carboxylic acids is 1. The van der Waals surface area contributed by atoms with Gasteiger partial charge in [0.15, 0.2) is 0 Å². The van der Waals surface area contributed by atoms with Crippen molar-refractivity contribution in [2.75, 3.05) is 19.8 Å². The van der Waals surface area contributed by atoms with Crippen LogP contribution >= 0.6 is 0 Å². The van der Waals surface area contributed by atoms with Crippen molar-refractivity contribution in [3.8, 4) is 11.1 Å². The quantitative estimate of drug-likeness (QED) is 0.529. The topological polar surface area (TPSA) is 114 Å². The molecule has 0 spiro atoms. The summed E-state index contributed by atoms with van der Waals surface area (Å²) in [6.45, 7) is 1.94. The molecule has 0 saturated heterocycles. The first-order valence-corrected chi connectivity index (χ1v) is 10.3. The van der Waals surface area contributed by atoms with E-state index in [0.717, 1.165) is 28.7 Å². The minimum atomic E-state index is -1.32. The molecule has 1 aliphatic carbocycles. The van der Waals surface area contributed by atoms with Crippen LogP contribution in [0.4, 0.5) is 9.59 Å². The van der Waals surface area contributed by atoms with Crippen LogP contribution in [0.1, 0.15) is 36.8 Å². The molecule has 0 heterocycles. The average Bonchev–Trinajstić information content (AvgIpc) is 3.09. The van der Waals surface area contributed by atoms with E-state index in [0.29, 0.717) is 6.42 Å². The molecule has 0 saturated carbocycles. The van der Waals surface area contributed by atoms with Crippen molar-refractivity contribution in [3.05, 3.63) is 59.7 Å². The molecule has 2 aromatic rings. The average molecular weight is 426 g/mol. The number of hydrogen-bond acceptors (Lipinski definition) is 5. The number of fused-ring (bicyclic) bond motifs is 3. The monoisotopic (exact) mass is 426 g/mol. The molecule has 3 rings (SSSR count). The van der Waals surface area contributed by atoms with E-state index >= 15 is 0 Å². The van der Waals surface area contributed by atoms with Crippen LogP contribution < -0.4 is 10.6 Å². The highest BCUT2D eigenvalue weighted by atomic mass is 16.6. The molecule has 3 N–H and O–H groups in total. The van der Waals surface area contributed by atoms with E-state index in [2.05, 4.69) is 10.6 Å². The fourth-order valence-electron chi connectivity index (χ4n) is 3.53. The molecule has 0 aliphatic heterocycles. The van der Waals surface area contributed by atoms with Gasteiger partial charge in [-0.1, -0.05) is 61.9 Å². The minimum absolute atomic E-state index is 0.0971. The van der Waals surface area contributed by atoms with E-state index in [9.17, 15) is 19.5 Å². The van der Waals surface area contributed by atoms with Crippen LogP contribution in [-0.2, 0) is 14.3 Å². The summed E-state index contributed by atoms with van der Waals surface area (Å²) >= 11 is 0. The summed E-state index contributed by atoms with van der Waals surface area (Å²) < 4.78 is 10.3. The first-order chi connectivity index (χ1) is 15.0. The Kier molecular flexibility index (Phi) is 7.48. The third-order valence-electron chi connectivity index (χ3n) is 5.12. The van der Waals surface area contributed by atoms with Gasteiger partial charge >= 0.3 is 18.2 Å². The van der Waals surface area contributed by atoms with E-state index in [1.54, 1.807) is 0 Å². The zero-order valence-electron chi connectivity index (χ0n) is 17.3. The Hall–Kier alpha value is -3.55. The molecule has 2 aromatic carbocycles. The largest absolute Gasteiger partial charge is 0.480 e. The molecule has 0 radical (unpaired) electrons. The number of alkyl carbamates (subject to hydrolysis) is 2. The number of rotatable bonds is 9. The van der Waals surface area contributed by atoms with Crippen molar-refractivity contribution in [3.63, 3.8) is 0 Å². The van der Waals surface area contributed by atoms with Gasteiger partial charge in [0.1, 0.15) is 12.6 Å². The second kappa shape index (κ2) is 10.5. The predicted octanol–water partition coefficient (Wildman–Crippen LogP) is 3.50. The highest BCUT2D eigenvalue weighted by Crippen LogP contribution is 2.44. The van der Waals surface area contributed by atoms with E-state index in [1.165, 1.54) is 0 Å². The molecule has 1 aliphatic rings. The van der Waals surface area contributed by atoms with Crippen LogP contribution in [0.5, 0.6) is 0 Å². The number of carboxylic acids is 1. The molecule has 2 amide bonds. The van der Waals surface area contributed by atoms with Gasteiger partial charge in [0.25, 0.3) is 0 Å². The Morgan fingerprint density at radius 2 is 1.58 bits per heavy atom. The molecular weight excluding hydrogens is 400 g/mol. The van der Waals surface area contributed by atoms with Crippen LogP contribution in [0.2, 0.25) is 0 Å². The number of benzene rings is 2. The first-order valence-electron chi connectivity index (χ1n) is 10.3. The summed E-state index contributed by atoms with van der Waals surface area (Å²) in [6, 6.07) is 14.6. The predicted molar refractivity (Wildman–Crippen MR) is 114 cm³/mol. The maximum absolute atomic E-state index is 12.2. The van der Waals surface area contributed by atoms with Gasteiger partial charge in [-0.05, 0) is 28.7 Å². The fraction of sp³-hybridized carbons (Fsp3) is 0.348. The van der Waals surface area contributed by atoms with Crippen LogP contribution in [0.15, 0.2) is 48.5 Å². The lowest BCUT2D eigenvalue weighted by molar-refractivity contribution is -0.139. The molecule has 8 nitrogen and oxygen atoms in total. The van der Waals surface area contributed by atoms with Crippen LogP contribution in [-0.4, -0.2) is 49.1 Å². The molecular formula is C23H26N2O6. The van der Waals surface area contributed by atoms with Gasteiger partial charge in [0, 0.05) is 5.92 Å². The molecule has 164 valence electrons. The van der Waals surface area contributed by atoms with Gasteiger partial charge < -0.3 is 25.2 Å². The zero-order valence-corrected chi connectivity index (χ0v) is 17.3. The van der Waals surface area contributed by atoms with Gasteiger partial charge in [0.05, 0.1) is 13.2 Å². The fourth-order valence-corrected chi connectivity index (χ4v) is 3.53.